The summed E-state index contributed by atoms with van der Waals surface area (Å²) in [6.07, 6.45) is -4.20. The van der Waals surface area contributed by atoms with Crippen LogP contribution in [0.2, 0.25) is 0 Å². The molecule has 0 bridgehead atoms. The lowest BCUT2D eigenvalue weighted by molar-refractivity contribution is -0.145. The first kappa shape index (κ1) is 13.2. The van der Waals surface area contributed by atoms with Crippen molar-refractivity contribution in [1.82, 2.24) is 10.2 Å². The third-order valence-electron chi connectivity index (χ3n) is 1.80. The highest BCUT2D eigenvalue weighted by Crippen LogP contribution is 2.16. The van der Waals surface area contributed by atoms with Crippen LogP contribution in [0.1, 0.15) is 6.92 Å². The zero-order chi connectivity index (χ0) is 11.2. The van der Waals surface area contributed by atoms with E-state index in [1.807, 2.05) is 6.07 Å². The van der Waals surface area contributed by atoms with E-state index in [9.17, 15) is 13.2 Å². The summed E-state index contributed by atoms with van der Waals surface area (Å²) in [6.45, 7) is 1.03. The summed E-state index contributed by atoms with van der Waals surface area (Å²) >= 11 is 0. The van der Waals surface area contributed by atoms with Crippen molar-refractivity contribution in [3.8, 4) is 6.07 Å². The van der Waals surface area contributed by atoms with E-state index in [0.717, 1.165) is 0 Å². The van der Waals surface area contributed by atoms with Crippen LogP contribution in [0.3, 0.4) is 0 Å². The third-order valence-corrected chi connectivity index (χ3v) is 1.80. The SMILES string of the molecule is CCN(CC(C#N)NC)CC(F)(F)F. The Kier molecular flexibility index (Phi) is 5.50. The lowest BCUT2D eigenvalue weighted by atomic mass is 10.3. The zero-order valence-corrected chi connectivity index (χ0v) is 8.23. The first-order valence-electron chi connectivity index (χ1n) is 4.29. The molecule has 0 amide bonds. The van der Waals surface area contributed by atoms with Gasteiger partial charge in [0.1, 0.15) is 6.04 Å². The molecule has 0 saturated carbocycles. The Morgan fingerprint density at radius 2 is 2.07 bits per heavy atom. The van der Waals surface area contributed by atoms with E-state index in [1.165, 1.54) is 4.90 Å². The van der Waals surface area contributed by atoms with E-state index in [2.05, 4.69) is 5.32 Å². The second kappa shape index (κ2) is 5.83. The molecule has 0 fully saturated rings. The lowest BCUT2D eigenvalue weighted by Gasteiger charge is -2.23. The van der Waals surface area contributed by atoms with Crippen molar-refractivity contribution >= 4 is 0 Å². The topological polar surface area (TPSA) is 39.1 Å². The maximum absolute atomic E-state index is 12.0. The number of hydrogen-bond donors (Lipinski definition) is 1. The molecule has 0 radical (unpaired) electrons. The van der Waals surface area contributed by atoms with Crippen LogP contribution < -0.4 is 5.32 Å². The van der Waals surface area contributed by atoms with Crippen LogP contribution in [0.5, 0.6) is 0 Å². The number of alkyl halides is 3. The van der Waals surface area contributed by atoms with Crippen LogP contribution in [0.15, 0.2) is 0 Å². The first-order chi connectivity index (χ1) is 6.42. The van der Waals surface area contributed by atoms with Crippen LogP contribution in [0, 0.1) is 11.3 Å². The van der Waals surface area contributed by atoms with Gasteiger partial charge in [0, 0.05) is 6.54 Å². The second-order valence-corrected chi connectivity index (χ2v) is 2.91. The van der Waals surface area contributed by atoms with Crippen molar-refractivity contribution in [2.24, 2.45) is 0 Å². The fourth-order valence-electron chi connectivity index (χ4n) is 1.01. The number of rotatable bonds is 5. The number of likely N-dealkylation sites (N-methyl/N-ethyl adjacent to an activating group) is 2. The fourth-order valence-corrected chi connectivity index (χ4v) is 1.01. The molecule has 0 aliphatic carbocycles. The molecule has 0 rings (SSSR count). The summed E-state index contributed by atoms with van der Waals surface area (Å²) in [5.41, 5.74) is 0. The molecule has 0 aliphatic rings. The molecular formula is C8H14F3N3. The molecule has 0 saturated heterocycles. The number of hydrogen-bond acceptors (Lipinski definition) is 3. The molecule has 0 aliphatic heterocycles. The molecule has 1 atom stereocenters. The summed E-state index contributed by atoms with van der Waals surface area (Å²) in [5, 5.41) is 11.2. The number of nitriles is 1. The largest absolute Gasteiger partial charge is 0.401 e. The van der Waals surface area contributed by atoms with Crippen molar-refractivity contribution in [1.29, 1.82) is 5.26 Å². The van der Waals surface area contributed by atoms with E-state index in [1.54, 1.807) is 14.0 Å². The van der Waals surface area contributed by atoms with Gasteiger partial charge in [-0.15, -0.1) is 0 Å². The van der Waals surface area contributed by atoms with Gasteiger partial charge in [-0.25, -0.2) is 0 Å². The molecule has 3 nitrogen and oxygen atoms in total. The van der Waals surface area contributed by atoms with Crippen LogP contribution in [0.4, 0.5) is 13.2 Å². The average molecular weight is 209 g/mol. The predicted octanol–water partition coefficient (Wildman–Crippen LogP) is 0.982. The normalized spacial score (nSPS) is 14.1. The van der Waals surface area contributed by atoms with Gasteiger partial charge in [0.05, 0.1) is 12.6 Å². The minimum Gasteiger partial charge on any atom is -0.304 e. The van der Waals surface area contributed by atoms with E-state index >= 15 is 0 Å². The minimum atomic E-state index is -4.20. The minimum absolute atomic E-state index is 0.0863. The van der Waals surface area contributed by atoms with Crippen molar-refractivity contribution in [3.05, 3.63) is 0 Å². The van der Waals surface area contributed by atoms with Gasteiger partial charge >= 0.3 is 6.18 Å². The Bertz CT molecular complexity index is 197. The van der Waals surface area contributed by atoms with Gasteiger partial charge in [-0.1, -0.05) is 6.92 Å². The van der Waals surface area contributed by atoms with Crippen molar-refractivity contribution < 1.29 is 13.2 Å². The predicted molar refractivity (Wildman–Crippen MR) is 46.6 cm³/mol. The molecule has 6 heteroatoms. The molecule has 1 N–H and O–H groups in total. The van der Waals surface area contributed by atoms with Gasteiger partial charge in [0.15, 0.2) is 0 Å². The van der Waals surface area contributed by atoms with E-state index < -0.39 is 18.8 Å². The van der Waals surface area contributed by atoms with Crippen LogP contribution >= 0.6 is 0 Å². The van der Waals surface area contributed by atoms with Crippen LogP contribution in [-0.2, 0) is 0 Å². The third kappa shape index (κ3) is 5.78. The van der Waals surface area contributed by atoms with Crippen molar-refractivity contribution in [3.63, 3.8) is 0 Å². The number of nitrogens with one attached hydrogen (secondary N) is 1. The maximum atomic E-state index is 12.0. The standard InChI is InChI=1S/C8H14F3N3/c1-3-14(6-8(9,10)11)5-7(4-12)13-2/h7,13H,3,5-6H2,1-2H3. The molecule has 1 unspecified atom stereocenters. The van der Waals surface area contributed by atoms with Gasteiger partial charge < -0.3 is 5.32 Å². The number of nitrogens with zero attached hydrogens (tertiary/aromatic N) is 2. The van der Waals surface area contributed by atoms with Crippen molar-refractivity contribution in [2.75, 3.05) is 26.7 Å². The Morgan fingerprint density at radius 1 is 1.50 bits per heavy atom. The molecule has 0 heterocycles. The van der Waals surface area contributed by atoms with Crippen LogP contribution in [-0.4, -0.2) is 43.8 Å². The van der Waals surface area contributed by atoms with E-state index in [4.69, 9.17) is 5.26 Å². The van der Waals surface area contributed by atoms with E-state index in [-0.39, 0.29) is 13.1 Å². The van der Waals surface area contributed by atoms with Gasteiger partial charge in [-0.3, -0.25) is 4.90 Å². The maximum Gasteiger partial charge on any atom is 0.401 e. The van der Waals surface area contributed by atoms with Gasteiger partial charge in [0.2, 0.25) is 0 Å². The molecule has 0 spiro atoms. The summed E-state index contributed by atoms with van der Waals surface area (Å²) in [6, 6.07) is 1.32. The Hall–Kier alpha value is -0.800. The van der Waals surface area contributed by atoms with E-state index in [0.29, 0.717) is 0 Å². The Morgan fingerprint density at radius 3 is 2.36 bits per heavy atom. The number of halogens is 3. The molecule has 14 heavy (non-hydrogen) atoms. The summed E-state index contributed by atoms with van der Waals surface area (Å²) < 4.78 is 36.0. The molecule has 0 aromatic rings. The van der Waals surface area contributed by atoms with Gasteiger partial charge in [-0.2, -0.15) is 18.4 Å². The average Bonchev–Trinajstić information content (AvgIpc) is 2.10. The monoisotopic (exact) mass is 209 g/mol. The van der Waals surface area contributed by atoms with Crippen molar-refractivity contribution in [2.45, 2.75) is 19.1 Å². The Labute approximate surface area is 81.5 Å². The highest BCUT2D eigenvalue weighted by Gasteiger charge is 2.30. The fraction of sp³-hybridized carbons (Fsp3) is 0.875. The zero-order valence-electron chi connectivity index (χ0n) is 8.23. The quantitative estimate of drug-likeness (QED) is 0.733. The molecule has 82 valence electrons. The summed E-state index contributed by atoms with van der Waals surface area (Å²) in [4.78, 5) is 1.18. The highest BCUT2D eigenvalue weighted by molar-refractivity contribution is 4.91. The first-order valence-corrected chi connectivity index (χ1v) is 4.29. The smallest absolute Gasteiger partial charge is 0.304 e. The highest BCUT2D eigenvalue weighted by atomic mass is 19.4. The lowest BCUT2D eigenvalue weighted by Crippen LogP contribution is -2.42. The summed E-state index contributed by atoms with van der Waals surface area (Å²) in [5.74, 6) is 0. The summed E-state index contributed by atoms with van der Waals surface area (Å²) in [7, 11) is 1.55. The molecular weight excluding hydrogens is 195 g/mol. The molecule has 0 aromatic heterocycles. The van der Waals surface area contributed by atoms with Gasteiger partial charge in [0.25, 0.3) is 0 Å². The Balaban J connectivity index is 4.10. The second-order valence-electron chi connectivity index (χ2n) is 2.91. The van der Waals surface area contributed by atoms with Crippen LogP contribution in [0.25, 0.3) is 0 Å². The van der Waals surface area contributed by atoms with Gasteiger partial charge in [-0.05, 0) is 13.6 Å². The molecule has 0 aromatic carbocycles.